The number of nitrogens with one attached hydrogen (secondary N) is 1. The van der Waals surface area contributed by atoms with Gasteiger partial charge in [-0.25, -0.2) is 0 Å². The summed E-state index contributed by atoms with van der Waals surface area (Å²) in [5.41, 5.74) is 3.04. The fourth-order valence-electron chi connectivity index (χ4n) is 3.22. The number of nitrogens with zero attached hydrogens (tertiary/aromatic N) is 3. The van der Waals surface area contributed by atoms with Crippen molar-refractivity contribution in [2.45, 2.75) is 32.7 Å². The van der Waals surface area contributed by atoms with Crippen LogP contribution in [0.3, 0.4) is 0 Å². The lowest BCUT2D eigenvalue weighted by atomic mass is 9.91. The Hall–Kier alpha value is -1.68. The fraction of sp³-hybridized carbons (Fsp3) is 0.529. The first-order chi connectivity index (χ1) is 10.3. The number of hydrogen-bond donors (Lipinski definition) is 1. The summed E-state index contributed by atoms with van der Waals surface area (Å²) in [6.07, 6.45) is 6.11. The second-order valence-corrected chi connectivity index (χ2v) is 5.99. The standard InChI is InChI=1S/C17H24N4/c1-3-21-10-4-5-14(12-21)13(2)20-15-6-7-16-17(11-15)19-9-8-18-16/h6-9,11,13-14,20H,3-5,10,12H2,1-2H3. The van der Waals surface area contributed by atoms with Crippen molar-refractivity contribution in [2.75, 3.05) is 25.0 Å². The van der Waals surface area contributed by atoms with Crippen LogP contribution in [0.5, 0.6) is 0 Å². The Morgan fingerprint density at radius 2 is 2.10 bits per heavy atom. The second-order valence-electron chi connectivity index (χ2n) is 5.99. The molecule has 0 radical (unpaired) electrons. The van der Waals surface area contributed by atoms with Gasteiger partial charge in [0, 0.05) is 30.7 Å². The summed E-state index contributed by atoms with van der Waals surface area (Å²) >= 11 is 0. The molecule has 112 valence electrons. The first-order valence-corrected chi connectivity index (χ1v) is 7.96. The molecule has 1 aromatic carbocycles. The maximum Gasteiger partial charge on any atom is 0.0907 e. The molecule has 0 spiro atoms. The normalized spacial score (nSPS) is 21.3. The maximum absolute atomic E-state index is 4.38. The SMILES string of the molecule is CCN1CCCC(C(C)Nc2ccc3nccnc3c2)C1. The van der Waals surface area contributed by atoms with Crippen LogP contribution >= 0.6 is 0 Å². The van der Waals surface area contributed by atoms with Crippen LogP contribution < -0.4 is 5.32 Å². The first-order valence-electron chi connectivity index (χ1n) is 7.96. The molecule has 4 heteroatoms. The Labute approximate surface area is 126 Å². The molecule has 21 heavy (non-hydrogen) atoms. The minimum absolute atomic E-state index is 0.480. The van der Waals surface area contributed by atoms with Crippen LogP contribution in [0, 0.1) is 5.92 Å². The average molecular weight is 284 g/mol. The van der Waals surface area contributed by atoms with E-state index in [-0.39, 0.29) is 0 Å². The molecule has 2 atom stereocenters. The van der Waals surface area contributed by atoms with Crippen molar-refractivity contribution in [3.8, 4) is 0 Å². The molecule has 1 aromatic heterocycles. The summed E-state index contributed by atoms with van der Waals surface area (Å²) in [7, 11) is 0. The molecule has 3 rings (SSSR count). The molecule has 0 amide bonds. The third-order valence-electron chi connectivity index (χ3n) is 4.56. The number of aromatic nitrogens is 2. The molecule has 2 unspecified atom stereocenters. The molecule has 0 aliphatic carbocycles. The number of fused-ring (bicyclic) bond motifs is 1. The van der Waals surface area contributed by atoms with Gasteiger partial charge in [0.2, 0.25) is 0 Å². The lowest BCUT2D eigenvalue weighted by Crippen LogP contribution is -2.41. The van der Waals surface area contributed by atoms with Crippen molar-refractivity contribution < 1.29 is 0 Å². The topological polar surface area (TPSA) is 41.0 Å². The highest BCUT2D eigenvalue weighted by Gasteiger charge is 2.23. The molecule has 0 saturated carbocycles. The van der Waals surface area contributed by atoms with E-state index in [9.17, 15) is 0 Å². The van der Waals surface area contributed by atoms with E-state index in [1.165, 1.54) is 25.9 Å². The highest BCUT2D eigenvalue weighted by atomic mass is 15.1. The molecule has 1 N–H and O–H groups in total. The van der Waals surface area contributed by atoms with Crippen LogP contribution in [-0.4, -0.2) is 40.5 Å². The Balaban J connectivity index is 1.69. The van der Waals surface area contributed by atoms with Gasteiger partial charge in [0.15, 0.2) is 0 Å². The van der Waals surface area contributed by atoms with Gasteiger partial charge < -0.3 is 10.2 Å². The molecule has 2 heterocycles. The van der Waals surface area contributed by atoms with Gasteiger partial charge in [-0.2, -0.15) is 0 Å². The first kappa shape index (κ1) is 14.3. The van der Waals surface area contributed by atoms with Gasteiger partial charge in [-0.05, 0) is 57.0 Å². The van der Waals surface area contributed by atoms with Gasteiger partial charge in [-0.1, -0.05) is 6.92 Å². The number of rotatable bonds is 4. The zero-order valence-electron chi connectivity index (χ0n) is 12.9. The molecule has 4 nitrogen and oxygen atoms in total. The van der Waals surface area contributed by atoms with Crippen LogP contribution in [0.2, 0.25) is 0 Å². The lowest BCUT2D eigenvalue weighted by Gasteiger charge is -2.35. The molecular formula is C17H24N4. The quantitative estimate of drug-likeness (QED) is 0.936. The van der Waals surface area contributed by atoms with Crippen molar-refractivity contribution >= 4 is 16.7 Å². The molecule has 2 aromatic rings. The molecule has 1 saturated heterocycles. The average Bonchev–Trinajstić information content (AvgIpc) is 2.54. The zero-order chi connectivity index (χ0) is 14.7. The smallest absolute Gasteiger partial charge is 0.0907 e. The number of piperidine rings is 1. The highest BCUT2D eigenvalue weighted by molar-refractivity contribution is 5.78. The molecule has 1 fully saturated rings. The largest absolute Gasteiger partial charge is 0.382 e. The maximum atomic E-state index is 4.38. The summed E-state index contributed by atoms with van der Waals surface area (Å²) in [6, 6.07) is 6.72. The van der Waals surface area contributed by atoms with E-state index in [1.807, 2.05) is 6.07 Å². The summed E-state index contributed by atoms with van der Waals surface area (Å²) in [5, 5.41) is 3.65. The van der Waals surface area contributed by atoms with E-state index in [2.05, 4.69) is 46.2 Å². The van der Waals surface area contributed by atoms with Gasteiger partial charge in [0.1, 0.15) is 0 Å². The predicted octanol–water partition coefficient (Wildman–Crippen LogP) is 3.16. The Morgan fingerprint density at radius 3 is 2.90 bits per heavy atom. The molecule has 1 aliphatic rings. The van der Waals surface area contributed by atoms with Crippen LogP contribution in [0.4, 0.5) is 5.69 Å². The fourth-order valence-corrected chi connectivity index (χ4v) is 3.22. The molecule has 1 aliphatic heterocycles. The monoisotopic (exact) mass is 284 g/mol. The van der Waals surface area contributed by atoms with E-state index >= 15 is 0 Å². The second kappa shape index (κ2) is 6.39. The summed E-state index contributed by atoms with van der Waals surface area (Å²) in [4.78, 5) is 11.2. The van der Waals surface area contributed by atoms with Crippen LogP contribution in [0.25, 0.3) is 11.0 Å². The van der Waals surface area contributed by atoms with Gasteiger partial charge in [-0.15, -0.1) is 0 Å². The number of anilines is 1. The Morgan fingerprint density at radius 1 is 1.29 bits per heavy atom. The Kier molecular flexibility index (Phi) is 4.34. The zero-order valence-corrected chi connectivity index (χ0v) is 12.9. The van der Waals surface area contributed by atoms with Crippen LogP contribution in [0.1, 0.15) is 26.7 Å². The molecule has 0 bridgehead atoms. The minimum atomic E-state index is 0.480. The van der Waals surface area contributed by atoms with Crippen LogP contribution in [-0.2, 0) is 0 Å². The van der Waals surface area contributed by atoms with Crippen molar-refractivity contribution in [3.63, 3.8) is 0 Å². The summed E-state index contributed by atoms with van der Waals surface area (Å²) in [6.45, 7) is 8.17. The molecular weight excluding hydrogens is 260 g/mol. The van der Waals surface area contributed by atoms with Gasteiger partial charge in [-0.3, -0.25) is 9.97 Å². The van der Waals surface area contributed by atoms with Gasteiger partial charge in [0.25, 0.3) is 0 Å². The van der Waals surface area contributed by atoms with Crippen molar-refractivity contribution in [2.24, 2.45) is 5.92 Å². The highest BCUT2D eigenvalue weighted by Crippen LogP contribution is 2.23. The third-order valence-corrected chi connectivity index (χ3v) is 4.56. The lowest BCUT2D eigenvalue weighted by molar-refractivity contribution is 0.172. The van der Waals surface area contributed by atoms with Gasteiger partial charge in [0.05, 0.1) is 11.0 Å². The van der Waals surface area contributed by atoms with Crippen molar-refractivity contribution in [1.29, 1.82) is 0 Å². The number of benzene rings is 1. The minimum Gasteiger partial charge on any atom is -0.382 e. The Bertz CT molecular complexity index is 598. The number of likely N-dealkylation sites (tertiary alicyclic amines) is 1. The third kappa shape index (κ3) is 3.32. The van der Waals surface area contributed by atoms with Crippen molar-refractivity contribution in [3.05, 3.63) is 30.6 Å². The van der Waals surface area contributed by atoms with Gasteiger partial charge >= 0.3 is 0 Å². The van der Waals surface area contributed by atoms with E-state index in [0.29, 0.717) is 6.04 Å². The van der Waals surface area contributed by atoms with Crippen LogP contribution in [0.15, 0.2) is 30.6 Å². The van der Waals surface area contributed by atoms with E-state index in [0.717, 1.165) is 29.2 Å². The van der Waals surface area contributed by atoms with Crippen molar-refractivity contribution in [1.82, 2.24) is 14.9 Å². The number of hydrogen-bond acceptors (Lipinski definition) is 4. The van der Waals surface area contributed by atoms with E-state index in [4.69, 9.17) is 0 Å². The van der Waals surface area contributed by atoms with E-state index in [1.54, 1.807) is 12.4 Å². The predicted molar refractivity (Wildman–Crippen MR) is 87.5 cm³/mol. The van der Waals surface area contributed by atoms with E-state index < -0.39 is 0 Å². The summed E-state index contributed by atoms with van der Waals surface area (Å²) < 4.78 is 0. The summed E-state index contributed by atoms with van der Waals surface area (Å²) in [5.74, 6) is 0.719.